The highest BCUT2D eigenvalue weighted by Gasteiger charge is 2.04. The van der Waals surface area contributed by atoms with Crippen LogP contribution in [-0.2, 0) is 6.54 Å². The van der Waals surface area contributed by atoms with Crippen molar-refractivity contribution in [2.75, 3.05) is 0 Å². The molecule has 0 atom stereocenters. The van der Waals surface area contributed by atoms with Gasteiger partial charge in [-0.25, -0.2) is 4.99 Å². The molecular weight excluding hydrogens is 352 g/mol. The summed E-state index contributed by atoms with van der Waals surface area (Å²) in [4.78, 5) is 8.84. The van der Waals surface area contributed by atoms with E-state index in [0.29, 0.717) is 12.4 Å². The van der Waals surface area contributed by atoms with Crippen molar-refractivity contribution in [1.82, 2.24) is 0 Å². The zero-order valence-corrected chi connectivity index (χ0v) is 17.3. The van der Waals surface area contributed by atoms with Gasteiger partial charge in [0.15, 0.2) is 5.84 Å². The summed E-state index contributed by atoms with van der Waals surface area (Å²) < 4.78 is 0. The average molecular weight is 381 g/mol. The van der Waals surface area contributed by atoms with Gasteiger partial charge in [-0.2, -0.15) is 0 Å². The minimum Gasteiger partial charge on any atom is -0.261 e. The van der Waals surface area contributed by atoms with Crippen LogP contribution in [0.1, 0.15) is 43.4 Å². The van der Waals surface area contributed by atoms with Gasteiger partial charge < -0.3 is 0 Å². The van der Waals surface area contributed by atoms with Crippen molar-refractivity contribution in [3.8, 4) is 11.1 Å². The molecule has 0 heterocycles. The molecular formula is C27H28N2. The molecule has 3 aromatic carbocycles. The van der Waals surface area contributed by atoms with Crippen LogP contribution in [0.15, 0.2) is 94.9 Å². The molecule has 3 rings (SSSR count). The van der Waals surface area contributed by atoms with Crippen LogP contribution in [0.2, 0.25) is 0 Å². The quantitative estimate of drug-likeness (QED) is 0.306. The number of amidine groups is 1. The summed E-state index contributed by atoms with van der Waals surface area (Å²) in [6, 6.07) is 27.4. The maximum absolute atomic E-state index is 4.69. The lowest BCUT2D eigenvalue weighted by molar-refractivity contribution is 0.972. The van der Waals surface area contributed by atoms with Gasteiger partial charge in [0.1, 0.15) is 0 Å². The van der Waals surface area contributed by atoms with E-state index in [4.69, 9.17) is 0 Å². The molecule has 0 aliphatic heterocycles. The molecule has 0 fully saturated rings. The van der Waals surface area contributed by atoms with Crippen LogP contribution in [0.4, 0.5) is 0 Å². The van der Waals surface area contributed by atoms with Crippen molar-refractivity contribution in [2.24, 2.45) is 9.98 Å². The van der Waals surface area contributed by atoms with E-state index in [1.807, 2.05) is 6.07 Å². The second-order valence-corrected chi connectivity index (χ2v) is 7.00. The Balaban J connectivity index is 1.72. The molecule has 3 aromatic rings. The molecule has 0 radical (unpaired) electrons. The van der Waals surface area contributed by atoms with Gasteiger partial charge in [0, 0.05) is 5.56 Å². The fourth-order valence-electron chi connectivity index (χ4n) is 3.39. The third-order valence-electron chi connectivity index (χ3n) is 5.00. The third kappa shape index (κ3) is 5.39. The first-order valence-electron chi connectivity index (χ1n) is 10.2. The van der Waals surface area contributed by atoms with Crippen LogP contribution < -0.4 is 0 Å². The van der Waals surface area contributed by atoms with Crippen molar-refractivity contribution in [2.45, 2.75) is 33.2 Å². The molecule has 146 valence electrons. The van der Waals surface area contributed by atoms with Crippen molar-refractivity contribution < 1.29 is 0 Å². The van der Waals surface area contributed by atoms with Crippen molar-refractivity contribution >= 4 is 18.1 Å². The van der Waals surface area contributed by atoms with Gasteiger partial charge in [-0.1, -0.05) is 98.3 Å². The first-order valence-corrected chi connectivity index (χ1v) is 10.2. The van der Waals surface area contributed by atoms with Gasteiger partial charge in [0.25, 0.3) is 0 Å². The van der Waals surface area contributed by atoms with Crippen molar-refractivity contribution in [3.05, 3.63) is 102 Å². The van der Waals surface area contributed by atoms with E-state index in [0.717, 1.165) is 24.0 Å². The maximum Gasteiger partial charge on any atom is 0.154 e. The van der Waals surface area contributed by atoms with Crippen LogP contribution in [0, 0.1) is 0 Å². The fraction of sp³-hybridized carbons (Fsp3) is 0.185. The topological polar surface area (TPSA) is 24.7 Å². The lowest BCUT2D eigenvalue weighted by Gasteiger charge is -2.08. The van der Waals surface area contributed by atoms with E-state index in [1.165, 1.54) is 22.3 Å². The second kappa shape index (κ2) is 10.3. The molecule has 0 bridgehead atoms. The number of allylic oxidation sites excluding steroid dienone is 2. The summed E-state index contributed by atoms with van der Waals surface area (Å²) >= 11 is 0. The number of hydrogen-bond donors (Lipinski definition) is 0. The Labute approximate surface area is 174 Å². The van der Waals surface area contributed by atoms with E-state index in [9.17, 15) is 0 Å². The third-order valence-corrected chi connectivity index (χ3v) is 5.00. The highest BCUT2D eigenvalue weighted by Crippen LogP contribution is 2.21. The molecule has 0 aliphatic rings. The number of hydrogen-bond acceptors (Lipinski definition) is 1. The van der Waals surface area contributed by atoms with E-state index in [-0.39, 0.29) is 0 Å². The number of rotatable bonds is 7. The number of aliphatic imine (C=N–C) groups is 2. The van der Waals surface area contributed by atoms with Gasteiger partial charge >= 0.3 is 0 Å². The van der Waals surface area contributed by atoms with Gasteiger partial charge in [0.05, 0.1) is 6.54 Å². The predicted molar refractivity (Wildman–Crippen MR) is 127 cm³/mol. The SMILES string of the molecule is C=NC(=NCc1ccc(-c2ccccc2)cc1)c1ccc(/C(=C/C)CCC)cc1. The molecule has 0 aromatic heterocycles. The number of benzene rings is 3. The molecule has 0 saturated carbocycles. The van der Waals surface area contributed by atoms with E-state index in [2.05, 4.69) is 109 Å². The van der Waals surface area contributed by atoms with Crippen LogP contribution in [0.25, 0.3) is 16.7 Å². The monoisotopic (exact) mass is 380 g/mol. The van der Waals surface area contributed by atoms with Gasteiger partial charge in [0.2, 0.25) is 0 Å². The Hall–Kier alpha value is -3.26. The van der Waals surface area contributed by atoms with Crippen molar-refractivity contribution in [1.29, 1.82) is 0 Å². The highest BCUT2D eigenvalue weighted by atomic mass is 14.9. The van der Waals surface area contributed by atoms with E-state index >= 15 is 0 Å². The van der Waals surface area contributed by atoms with Gasteiger partial charge in [-0.3, -0.25) is 4.99 Å². The zero-order valence-electron chi connectivity index (χ0n) is 17.3. The largest absolute Gasteiger partial charge is 0.261 e. The summed E-state index contributed by atoms with van der Waals surface area (Å²) in [7, 11) is 0. The standard InChI is InChI=1S/C27H28N2/c1-4-9-22(5-2)24-16-18-26(19-17-24)27(28-3)29-20-21-12-14-25(15-13-21)23-10-7-6-8-11-23/h5-8,10-19H,3-4,9,20H2,1-2H3/b22-5+,29-27?. The minimum absolute atomic E-state index is 0.584. The summed E-state index contributed by atoms with van der Waals surface area (Å²) in [5.74, 6) is 0.682. The van der Waals surface area contributed by atoms with Crippen molar-refractivity contribution in [3.63, 3.8) is 0 Å². The molecule has 29 heavy (non-hydrogen) atoms. The smallest absolute Gasteiger partial charge is 0.154 e. The van der Waals surface area contributed by atoms with E-state index < -0.39 is 0 Å². The molecule has 2 nitrogen and oxygen atoms in total. The Bertz CT molecular complexity index is 979. The van der Waals surface area contributed by atoms with Crippen LogP contribution in [0.5, 0.6) is 0 Å². The Morgan fingerprint density at radius 3 is 2.03 bits per heavy atom. The van der Waals surface area contributed by atoms with Gasteiger partial charge in [-0.15, -0.1) is 0 Å². The Morgan fingerprint density at radius 2 is 1.45 bits per heavy atom. The molecule has 0 saturated heterocycles. The summed E-state index contributed by atoms with van der Waals surface area (Å²) in [6.07, 6.45) is 4.43. The lowest BCUT2D eigenvalue weighted by Crippen LogP contribution is -1.98. The Morgan fingerprint density at radius 1 is 0.828 bits per heavy atom. The van der Waals surface area contributed by atoms with Gasteiger partial charge in [-0.05, 0) is 47.9 Å². The lowest BCUT2D eigenvalue weighted by atomic mass is 10.00. The summed E-state index contributed by atoms with van der Waals surface area (Å²) in [5.41, 5.74) is 7.22. The highest BCUT2D eigenvalue weighted by molar-refractivity contribution is 6.01. The van der Waals surface area contributed by atoms with Crippen LogP contribution >= 0.6 is 0 Å². The van der Waals surface area contributed by atoms with Crippen LogP contribution in [-0.4, -0.2) is 12.6 Å². The summed E-state index contributed by atoms with van der Waals surface area (Å²) in [5, 5.41) is 0. The first kappa shape index (κ1) is 20.5. The molecule has 2 heteroatoms. The first-order chi connectivity index (χ1) is 14.2. The number of nitrogens with zero attached hydrogens (tertiary/aromatic N) is 2. The normalized spacial score (nSPS) is 12.1. The zero-order chi connectivity index (χ0) is 20.5. The predicted octanol–water partition coefficient (Wildman–Crippen LogP) is 7.20. The molecule has 0 unspecified atom stereocenters. The maximum atomic E-state index is 4.69. The molecule has 0 amide bonds. The molecule has 0 N–H and O–H groups in total. The second-order valence-electron chi connectivity index (χ2n) is 7.00. The average Bonchev–Trinajstić information content (AvgIpc) is 2.79. The molecule has 0 spiro atoms. The Kier molecular flexibility index (Phi) is 7.29. The minimum atomic E-state index is 0.584. The fourth-order valence-corrected chi connectivity index (χ4v) is 3.39. The van der Waals surface area contributed by atoms with Crippen LogP contribution in [0.3, 0.4) is 0 Å². The van der Waals surface area contributed by atoms with E-state index in [1.54, 1.807) is 0 Å². The summed E-state index contributed by atoms with van der Waals surface area (Å²) in [6.45, 7) is 8.60. The molecule has 0 aliphatic carbocycles.